The molecule has 0 heterocycles. The highest BCUT2D eigenvalue weighted by Crippen LogP contribution is 2.21. The minimum atomic E-state index is 0.433. The number of nitrogens with one attached hydrogen (secondary N) is 1. The first kappa shape index (κ1) is 19.0. The van der Waals surface area contributed by atoms with Gasteiger partial charge in [0.2, 0.25) is 0 Å². The van der Waals surface area contributed by atoms with Crippen molar-refractivity contribution in [3.05, 3.63) is 34.3 Å². The Morgan fingerprint density at radius 2 is 2.10 bits per heavy atom. The normalized spacial score (nSPS) is 14.4. The first-order chi connectivity index (χ1) is 10.1. The lowest BCUT2D eigenvalue weighted by Crippen LogP contribution is -2.33. The van der Waals surface area contributed by atoms with E-state index in [1.54, 1.807) is 0 Å². The van der Waals surface area contributed by atoms with Crippen LogP contribution < -0.4 is 5.32 Å². The number of thioether (sulfide) groups is 1. The van der Waals surface area contributed by atoms with E-state index in [1.807, 2.05) is 11.8 Å². The van der Waals surface area contributed by atoms with Gasteiger partial charge in [-0.2, -0.15) is 11.8 Å². The van der Waals surface area contributed by atoms with Crippen molar-refractivity contribution in [2.24, 2.45) is 0 Å². The number of hydrogen-bond donors (Lipinski definition) is 1. The van der Waals surface area contributed by atoms with E-state index in [0.29, 0.717) is 12.1 Å². The number of nitrogens with zero attached hydrogens (tertiary/aromatic N) is 1. The van der Waals surface area contributed by atoms with Crippen LogP contribution in [0.15, 0.2) is 28.7 Å². The fraction of sp³-hybridized carbons (Fsp3) is 0.647. The summed E-state index contributed by atoms with van der Waals surface area (Å²) in [5, 5.41) is 3.61. The largest absolute Gasteiger partial charge is 0.310 e. The second-order valence-corrected chi connectivity index (χ2v) is 7.47. The van der Waals surface area contributed by atoms with Crippen molar-refractivity contribution in [3.63, 3.8) is 0 Å². The topological polar surface area (TPSA) is 15.3 Å². The minimum Gasteiger partial charge on any atom is -0.310 e. The van der Waals surface area contributed by atoms with Crippen LogP contribution >= 0.6 is 27.7 Å². The molecule has 0 radical (unpaired) electrons. The van der Waals surface area contributed by atoms with Gasteiger partial charge in [0.1, 0.15) is 0 Å². The summed E-state index contributed by atoms with van der Waals surface area (Å²) in [5.74, 6) is 1.24. The standard InChI is InChI=1S/C17H29BrN2S/c1-5-19-17(15-7-6-8-16(18)13-15)9-11-20(3)14(2)10-12-21-4/h6-8,13-14,17,19H,5,9-12H2,1-4H3. The summed E-state index contributed by atoms with van der Waals surface area (Å²) in [7, 11) is 2.24. The number of benzene rings is 1. The molecule has 0 saturated carbocycles. The van der Waals surface area contributed by atoms with E-state index in [1.165, 1.54) is 17.7 Å². The Labute approximate surface area is 143 Å². The monoisotopic (exact) mass is 372 g/mol. The molecule has 21 heavy (non-hydrogen) atoms. The van der Waals surface area contributed by atoms with Crippen molar-refractivity contribution in [3.8, 4) is 0 Å². The number of rotatable bonds is 10. The summed E-state index contributed by atoms with van der Waals surface area (Å²) < 4.78 is 1.16. The van der Waals surface area contributed by atoms with Crippen LogP contribution in [0.3, 0.4) is 0 Å². The Morgan fingerprint density at radius 3 is 2.71 bits per heavy atom. The van der Waals surface area contributed by atoms with Gasteiger partial charge in [-0.1, -0.05) is 35.0 Å². The van der Waals surface area contributed by atoms with Crippen LogP contribution in [0.1, 0.15) is 38.3 Å². The van der Waals surface area contributed by atoms with Crippen LogP contribution in [-0.4, -0.2) is 43.1 Å². The van der Waals surface area contributed by atoms with Crippen molar-refractivity contribution in [1.82, 2.24) is 10.2 Å². The second-order valence-electron chi connectivity index (χ2n) is 5.57. The van der Waals surface area contributed by atoms with Gasteiger partial charge in [0.25, 0.3) is 0 Å². The third kappa shape index (κ3) is 7.18. The van der Waals surface area contributed by atoms with Crippen molar-refractivity contribution in [1.29, 1.82) is 0 Å². The van der Waals surface area contributed by atoms with E-state index >= 15 is 0 Å². The second kappa shape index (κ2) is 10.7. The third-order valence-electron chi connectivity index (χ3n) is 3.96. The van der Waals surface area contributed by atoms with Gasteiger partial charge in [0, 0.05) is 16.6 Å². The number of halogens is 1. The van der Waals surface area contributed by atoms with E-state index in [2.05, 4.69) is 77.6 Å². The summed E-state index contributed by atoms with van der Waals surface area (Å²) in [6.45, 7) is 6.63. The lowest BCUT2D eigenvalue weighted by molar-refractivity contribution is 0.239. The highest BCUT2D eigenvalue weighted by Gasteiger charge is 2.14. The van der Waals surface area contributed by atoms with Crippen LogP contribution in [0.4, 0.5) is 0 Å². The zero-order valence-corrected chi connectivity index (χ0v) is 16.1. The van der Waals surface area contributed by atoms with Gasteiger partial charge in [-0.25, -0.2) is 0 Å². The summed E-state index contributed by atoms with van der Waals surface area (Å²) in [5.41, 5.74) is 1.37. The van der Waals surface area contributed by atoms with Crippen molar-refractivity contribution >= 4 is 27.7 Å². The molecule has 1 aromatic carbocycles. The Kier molecular flexibility index (Phi) is 9.65. The smallest absolute Gasteiger partial charge is 0.0332 e. The maximum Gasteiger partial charge on any atom is 0.0332 e. The Morgan fingerprint density at radius 1 is 1.33 bits per heavy atom. The van der Waals surface area contributed by atoms with Gasteiger partial charge >= 0.3 is 0 Å². The van der Waals surface area contributed by atoms with E-state index < -0.39 is 0 Å². The molecule has 2 nitrogen and oxygen atoms in total. The van der Waals surface area contributed by atoms with Crippen LogP contribution in [0, 0.1) is 0 Å². The summed E-state index contributed by atoms with van der Waals surface area (Å²) in [4.78, 5) is 2.48. The molecule has 0 fully saturated rings. The van der Waals surface area contributed by atoms with Crippen molar-refractivity contribution in [2.75, 3.05) is 32.1 Å². The average Bonchev–Trinajstić information content (AvgIpc) is 2.48. The molecule has 0 saturated heterocycles. The molecule has 0 aliphatic carbocycles. The van der Waals surface area contributed by atoms with Crippen LogP contribution in [0.25, 0.3) is 0 Å². The van der Waals surface area contributed by atoms with Gasteiger partial charge in [-0.15, -0.1) is 0 Å². The predicted molar refractivity (Wildman–Crippen MR) is 100 cm³/mol. The molecule has 1 N–H and O–H groups in total. The molecule has 1 aromatic rings. The average molecular weight is 373 g/mol. The maximum absolute atomic E-state index is 3.61. The van der Waals surface area contributed by atoms with E-state index in [0.717, 1.165) is 24.0 Å². The molecule has 0 aliphatic rings. The maximum atomic E-state index is 3.61. The van der Waals surface area contributed by atoms with Gasteiger partial charge in [0.05, 0.1) is 0 Å². The lowest BCUT2D eigenvalue weighted by Gasteiger charge is -2.27. The van der Waals surface area contributed by atoms with E-state index in [9.17, 15) is 0 Å². The SMILES string of the molecule is CCNC(CCN(C)C(C)CCSC)c1cccc(Br)c1. The number of hydrogen-bond acceptors (Lipinski definition) is 3. The molecule has 0 amide bonds. The molecule has 4 heteroatoms. The zero-order valence-electron chi connectivity index (χ0n) is 13.7. The summed E-state index contributed by atoms with van der Waals surface area (Å²) in [6.07, 6.45) is 4.59. The fourth-order valence-electron chi connectivity index (χ4n) is 2.42. The van der Waals surface area contributed by atoms with E-state index in [-0.39, 0.29) is 0 Å². The molecule has 2 atom stereocenters. The molecular formula is C17H29BrN2S. The first-order valence-corrected chi connectivity index (χ1v) is 9.95. The molecule has 120 valence electrons. The van der Waals surface area contributed by atoms with Gasteiger partial charge in [-0.3, -0.25) is 0 Å². The van der Waals surface area contributed by atoms with Crippen LogP contribution in [-0.2, 0) is 0 Å². The van der Waals surface area contributed by atoms with Crippen molar-refractivity contribution < 1.29 is 0 Å². The zero-order chi connectivity index (χ0) is 15.7. The fourth-order valence-corrected chi connectivity index (χ4v) is 3.41. The van der Waals surface area contributed by atoms with Crippen molar-refractivity contribution in [2.45, 2.75) is 38.8 Å². The molecular weight excluding hydrogens is 344 g/mol. The Bertz CT molecular complexity index is 400. The highest BCUT2D eigenvalue weighted by atomic mass is 79.9. The molecule has 0 aromatic heterocycles. The Balaban J connectivity index is 2.55. The minimum absolute atomic E-state index is 0.433. The molecule has 2 unspecified atom stereocenters. The van der Waals surface area contributed by atoms with E-state index in [4.69, 9.17) is 0 Å². The predicted octanol–water partition coefficient (Wildman–Crippen LogP) is 4.56. The first-order valence-electron chi connectivity index (χ1n) is 7.76. The molecule has 1 rings (SSSR count). The molecule has 0 aliphatic heterocycles. The quantitative estimate of drug-likeness (QED) is 0.647. The Hall–Kier alpha value is -0.0300. The summed E-state index contributed by atoms with van der Waals surface area (Å²) in [6, 6.07) is 9.74. The molecule has 0 spiro atoms. The van der Waals surface area contributed by atoms with Gasteiger partial charge < -0.3 is 10.2 Å². The highest BCUT2D eigenvalue weighted by molar-refractivity contribution is 9.10. The lowest BCUT2D eigenvalue weighted by atomic mass is 10.0. The van der Waals surface area contributed by atoms with Crippen LogP contribution in [0.2, 0.25) is 0 Å². The third-order valence-corrected chi connectivity index (χ3v) is 5.10. The van der Waals surface area contributed by atoms with Gasteiger partial charge in [0.15, 0.2) is 0 Å². The van der Waals surface area contributed by atoms with Crippen LogP contribution in [0.5, 0.6) is 0 Å². The molecule has 0 bridgehead atoms. The van der Waals surface area contributed by atoms with Gasteiger partial charge in [-0.05, 0) is 69.6 Å². The summed E-state index contributed by atoms with van der Waals surface area (Å²) >= 11 is 5.51.